The molecule has 2 unspecified atom stereocenters. The molecule has 0 aliphatic carbocycles. The molecule has 0 amide bonds. The first-order valence-electron chi connectivity index (χ1n) is 12.4. The average molecular weight is 613 g/mol. The van der Waals surface area contributed by atoms with Gasteiger partial charge < -0.3 is 30.6 Å². The molecule has 0 saturated carbocycles. The Morgan fingerprint density at radius 2 is 0.829 bits per heavy atom. The molecule has 6 N–H and O–H groups in total. The van der Waals surface area contributed by atoms with Crippen LogP contribution in [0.25, 0.3) is 0 Å². The van der Waals surface area contributed by atoms with Crippen molar-refractivity contribution >= 4 is 45.0 Å². The van der Waals surface area contributed by atoms with Gasteiger partial charge in [0.1, 0.15) is 0 Å². The smallest absolute Gasteiger partial charge is 0.333 e. The number of hydrogen-bond acceptors (Lipinski definition) is 6. The van der Waals surface area contributed by atoms with E-state index in [-0.39, 0.29) is 21.1 Å². The third-order valence-electron chi connectivity index (χ3n) is 4.72. The number of unbranched alkanes of at least 4 members (excludes halogenated alkanes) is 10. The Bertz CT molecular complexity index is 496. The van der Waals surface area contributed by atoms with Crippen LogP contribution < -0.4 is 0 Å². The van der Waals surface area contributed by atoms with Gasteiger partial charge in [0, 0.05) is 0 Å². The molecule has 0 aromatic heterocycles. The number of carbonyl (C=O) groups is 4. The van der Waals surface area contributed by atoms with Gasteiger partial charge >= 0.3 is 145 Å². The first-order chi connectivity index (χ1) is 16.5. The molecule has 2 radical (unpaired) electrons. The van der Waals surface area contributed by atoms with Crippen LogP contribution in [-0.4, -0.2) is 87.9 Å². The second-order valence-electron chi connectivity index (χ2n) is 8.19. The van der Waals surface area contributed by atoms with Gasteiger partial charge in [-0.05, 0) is 0 Å². The zero-order valence-electron chi connectivity index (χ0n) is 21.3. The molecule has 0 rings (SSSR count). The molecule has 11 heteroatoms. The number of aliphatic carboxylic acids is 4. The van der Waals surface area contributed by atoms with Crippen LogP contribution in [0.3, 0.4) is 0 Å². The van der Waals surface area contributed by atoms with Crippen LogP contribution >= 0.6 is 0 Å². The van der Waals surface area contributed by atoms with Crippen molar-refractivity contribution in [3.63, 3.8) is 0 Å². The van der Waals surface area contributed by atoms with E-state index in [2.05, 4.69) is 13.8 Å². The summed E-state index contributed by atoms with van der Waals surface area (Å²) in [4.78, 5) is 38.8. The first kappa shape index (κ1) is 38.1. The predicted molar refractivity (Wildman–Crippen MR) is 134 cm³/mol. The van der Waals surface area contributed by atoms with Gasteiger partial charge in [-0.2, -0.15) is 0 Å². The number of carboxylic acids is 4. The SMILES string of the molecule is CCCCCCC[CH2][Sn][CH2]CCCCCCC.O=C(O)CC(O)C(=O)O.O=C(O)CC(O)C(=O)O. The van der Waals surface area contributed by atoms with Gasteiger partial charge in [-0.3, -0.25) is 9.59 Å². The normalized spacial score (nSPS) is 11.8. The summed E-state index contributed by atoms with van der Waals surface area (Å²) in [5, 5.41) is 48.3. The van der Waals surface area contributed by atoms with Gasteiger partial charge in [0.25, 0.3) is 0 Å². The Kier molecular flexibility index (Phi) is 31.4. The summed E-state index contributed by atoms with van der Waals surface area (Å²) in [6, 6.07) is 0. The number of hydrogen-bond donors (Lipinski definition) is 6. The van der Waals surface area contributed by atoms with E-state index < -0.39 is 48.9 Å². The fourth-order valence-corrected chi connectivity index (χ4v) is 6.26. The number of carboxylic acid groups (broad SMARTS) is 4. The predicted octanol–water partition coefficient (Wildman–Crippen LogP) is 4.06. The molecule has 35 heavy (non-hydrogen) atoms. The second kappa shape index (κ2) is 28.8. The average Bonchev–Trinajstić information content (AvgIpc) is 2.77. The van der Waals surface area contributed by atoms with Gasteiger partial charge in [-0.1, -0.05) is 0 Å². The van der Waals surface area contributed by atoms with Gasteiger partial charge in [0.2, 0.25) is 0 Å². The minimum absolute atomic E-state index is 0.0736. The topological polar surface area (TPSA) is 190 Å². The van der Waals surface area contributed by atoms with E-state index in [1.165, 1.54) is 64.2 Å². The minimum atomic E-state index is -1.79. The van der Waals surface area contributed by atoms with Crippen LogP contribution in [0.15, 0.2) is 0 Å². The Hall–Kier alpha value is -1.40. The summed E-state index contributed by atoms with van der Waals surface area (Å²) >= 11 is 0.0736. The molecule has 0 aliphatic heterocycles. The third kappa shape index (κ3) is 37.3. The Balaban J connectivity index is -0.000000481. The molecule has 0 saturated heterocycles. The monoisotopic (exact) mass is 614 g/mol. The molecular weight excluding hydrogens is 567 g/mol. The molecule has 206 valence electrons. The van der Waals surface area contributed by atoms with Crippen molar-refractivity contribution < 1.29 is 49.8 Å². The molecule has 0 heterocycles. The molecule has 0 bridgehead atoms. The van der Waals surface area contributed by atoms with Crippen molar-refractivity contribution in [3.05, 3.63) is 0 Å². The van der Waals surface area contributed by atoms with Gasteiger partial charge in [0.15, 0.2) is 12.2 Å². The van der Waals surface area contributed by atoms with Crippen LogP contribution in [0.2, 0.25) is 8.87 Å². The molecule has 0 aromatic carbocycles. The Morgan fingerprint density at radius 3 is 1.06 bits per heavy atom. The van der Waals surface area contributed by atoms with Gasteiger partial charge in [-0.15, -0.1) is 0 Å². The zero-order valence-corrected chi connectivity index (χ0v) is 24.1. The molecule has 0 spiro atoms. The van der Waals surface area contributed by atoms with E-state index in [1.54, 1.807) is 21.7 Å². The molecule has 10 nitrogen and oxygen atoms in total. The number of rotatable bonds is 20. The van der Waals surface area contributed by atoms with E-state index >= 15 is 0 Å². The summed E-state index contributed by atoms with van der Waals surface area (Å²) < 4.78 is 3.31. The molecular formula is C24H46O10Sn. The summed E-state index contributed by atoms with van der Waals surface area (Å²) in [7, 11) is 0. The third-order valence-corrected chi connectivity index (χ3v) is 8.76. The number of aliphatic hydroxyl groups excluding tert-OH is 2. The maximum Gasteiger partial charge on any atom is 0.333 e. The van der Waals surface area contributed by atoms with Crippen molar-refractivity contribution in [1.82, 2.24) is 0 Å². The summed E-state index contributed by atoms with van der Waals surface area (Å²) in [5.74, 6) is -5.69. The van der Waals surface area contributed by atoms with Crippen molar-refractivity contribution in [2.45, 2.75) is 125 Å². The Morgan fingerprint density at radius 1 is 0.543 bits per heavy atom. The maximum atomic E-state index is 9.72. The molecule has 0 aliphatic rings. The fourth-order valence-electron chi connectivity index (χ4n) is 2.69. The van der Waals surface area contributed by atoms with Crippen molar-refractivity contribution in [2.24, 2.45) is 0 Å². The fraction of sp³-hybridized carbons (Fsp3) is 0.833. The van der Waals surface area contributed by atoms with Crippen molar-refractivity contribution in [1.29, 1.82) is 0 Å². The summed E-state index contributed by atoms with van der Waals surface area (Å²) in [5.41, 5.74) is 0. The molecule has 2 atom stereocenters. The molecule has 0 aromatic rings. The van der Waals surface area contributed by atoms with Crippen LogP contribution in [0.1, 0.15) is 104 Å². The zero-order chi connectivity index (χ0) is 27.5. The second-order valence-corrected chi connectivity index (χ2v) is 12.5. The van der Waals surface area contributed by atoms with E-state index in [1.807, 2.05) is 0 Å². The van der Waals surface area contributed by atoms with Crippen molar-refractivity contribution in [3.8, 4) is 0 Å². The van der Waals surface area contributed by atoms with Crippen LogP contribution in [0, 0.1) is 0 Å². The molecule has 0 fully saturated rings. The van der Waals surface area contributed by atoms with Gasteiger partial charge in [-0.25, -0.2) is 9.59 Å². The quantitative estimate of drug-likeness (QED) is 0.0863. The van der Waals surface area contributed by atoms with E-state index in [0.717, 1.165) is 0 Å². The van der Waals surface area contributed by atoms with E-state index in [0.29, 0.717) is 0 Å². The Labute approximate surface area is 219 Å². The van der Waals surface area contributed by atoms with Crippen LogP contribution in [-0.2, 0) is 19.2 Å². The summed E-state index contributed by atoms with van der Waals surface area (Å²) in [6.45, 7) is 4.60. The first-order valence-corrected chi connectivity index (χ1v) is 16.5. The van der Waals surface area contributed by atoms with Crippen LogP contribution in [0.5, 0.6) is 0 Å². The van der Waals surface area contributed by atoms with Crippen LogP contribution in [0.4, 0.5) is 0 Å². The van der Waals surface area contributed by atoms with E-state index in [9.17, 15) is 19.2 Å². The summed E-state index contributed by atoms with van der Waals surface area (Å²) in [6.07, 6.45) is 12.7. The van der Waals surface area contributed by atoms with Crippen molar-refractivity contribution in [2.75, 3.05) is 0 Å². The van der Waals surface area contributed by atoms with E-state index in [4.69, 9.17) is 30.6 Å². The number of aliphatic hydroxyl groups is 2. The maximum absolute atomic E-state index is 9.72. The largest absolute Gasteiger partial charge is 0.481 e. The standard InChI is InChI=1S/2C8H17.2C4H6O5.Sn/c2*1-3-5-7-8-6-4-2;2*5-2(4(8)9)1-3(6)7;/h2*1,3-8H2,2H3;2*2,5H,1H2,(H,6,7)(H,8,9);. The minimum Gasteiger partial charge on any atom is -0.481 e. The van der Waals surface area contributed by atoms with Gasteiger partial charge in [0.05, 0.1) is 12.8 Å².